The molecule has 0 aliphatic heterocycles. The molecule has 2 rings (SSSR count). The molecule has 0 radical (unpaired) electrons. The lowest BCUT2D eigenvalue weighted by Gasteiger charge is -2.06. The average molecular weight is 320 g/mol. The number of hydrogen-bond donors (Lipinski definition) is 0. The Bertz CT molecular complexity index is 613. The minimum Gasteiger partial charge on any atom is -0.453 e. The molecular formula is C14H14BrN3O. The minimum absolute atomic E-state index is 0.281. The summed E-state index contributed by atoms with van der Waals surface area (Å²) in [4.78, 5) is 0. The van der Waals surface area contributed by atoms with Gasteiger partial charge in [0.2, 0.25) is 0 Å². The summed E-state index contributed by atoms with van der Waals surface area (Å²) in [6, 6.07) is 7.98. The second-order valence-electron chi connectivity index (χ2n) is 4.43. The van der Waals surface area contributed by atoms with Crippen LogP contribution in [0.15, 0.2) is 30.6 Å². The molecule has 0 aliphatic rings. The molecule has 5 heteroatoms. The lowest BCUT2D eigenvalue weighted by molar-refractivity contribution is 0.475. The van der Waals surface area contributed by atoms with Crippen molar-refractivity contribution in [1.82, 2.24) is 9.78 Å². The topological polar surface area (TPSA) is 50.8 Å². The van der Waals surface area contributed by atoms with Gasteiger partial charge in [0.1, 0.15) is 11.8 Å². The van der Waals surface area contributed by atoms with Gasteiger partial charge in [-0.25, -0.2) is 0 Å². The molecule has 0 saturated heterocycles. The molecule has 0 saturated carbocycles. The Morgan fingerprint density at radius 3 is 2.84 bits per heavy atom. The van der Waals surface area contributed by atoms with Crippen LogP contribution in [0, 0.1) is 11.3 Å². The van der Waals surface area contributed by atoms with Crippen LogP contribution in [0.5, 0.6) is 11.5 Å². The molecule has 98 valence electrons. The van der Waals surface area contributed by atoms with Gasteiger partial charge in [-0.2, -0.15) is 10.4 Å². The first-order valence-electron chi connectivity index (χ1n) is 5.95. The zero-order chi connectivity index (χ0) is 13.8. The van der Waals surface area contributed by atoms with Crippen molar-refractivity contribution in [2.24, 2.45) is 0 Å². The fraction of sp³-hybridized carbons (Fsp3) is 0.286. The molecule has 2 aromatic rings. The van der Waals surface area contributed by atoms with Crippen molar-refractivity contribution >= 4 is 15.9 Å². The van der Waals surface area contributed by atoms with E-state index in [1.807, 2.05) is 42.9 Å². The second kappa shape index (κ2) is 5.89. The summed E-state index contributed by atoms with van der Waals surface area (Å²) in [7, 11) is 0. The third-order valence-electron chi connectivity index (χ3n) is 2.65. The van der Waals surface area contributed by atoms with E-state index in [0.717, 1.165) is 5.56 Å². The molecule has 1 aromatic carbocycles. The number of halogens is 1. The summed E-state index contributed by atoms with van der Waals surface area (Å²) in [5.74, 6) is 1.19. The molecule has 4 nitrogen and oxygen atoms in total. The van der Waals surface area contributed by atoms with Gasteiger partial charge in [0.25, 0.3) is 0 Å². The van der Waals surface area contributed by atoms with Crippen molar-refractivity contribution in [3.63, 3.8) is 0 Å². The first-order chi connectivity index (χ1) is 9.13. The Kier molecular flexibility index (Phi) is 4.23. The van der Waals surface area contributed by atoms with Crippen molar-refractivity contribution in [2.45, 2.75) is 25.2 Å². The highest BCUT2D eigenvalue weighted by atomic mass is 79.9. The van der Waals surface area contributed by atoms with Crippen LogP contribution in [0.2, 0.25) is 0 Å². The van der Waals surface area contributed by atoms with Gasteiger partial charge in [-0.3, -0.25) is 4.68 Å². The van der Waals surface area contributed by atoms with E-state index in [1.54, 1.807) is 6.20 Å². The van der Waals surface area contributed by atoms with E-state index in [1.165, 1.54) is 0 Å². The van der Waals surface area contributed by atoms with Crippen molar-refractivity contribution in [3.05, 3.63) is 41.7 Å². The summed E-state index contributed by atoms with van der Waals surface area (Å²) < 4.78 is 7.52. The number of nitrogens with zero attached hydrogens (tertiary/aromatic N) is 3. The van der Waals surface area contributed by atoms with Gasteiger partial charge < -0.3 is 4.74 Å². The van der Waals surface area contributed by atoms with E-state index >= 15 is 0 Å². The first kappa shape index (κ1) is 13.6. The first-order valence-corrected chi connectivity index (χ1v) is 7.07. The molecule has 0 amide bonds. The molecule has 1 aromatic heterocycles. The highest BCUT2D eigenvalue weighted by Gasteiger charge is 2.08. The zero-order valence-electron chi connectivity index (χ0n) is 10.8. The van der Waals surface area contributed by atoms with Crippen molar-refractivity contribution < 1.29 is 4.74 Å². The van der Waals surface area contributed by atoms with Crippen LogP contribution in [0.25, 0.3) is 0 Å². The number of alkyl halides is 1. The van der Waals surface area contributed by atoms with Crippen LogP contribution in [0.3, 0.4) is 0 Å². The molecule has 0 atom stereocenters. The molecule has 0 unspecified atom stereocenters. The Balaban J connectivity index is 2.25. The van der Waals surface area contributed by atoms with Crippen LogP contribution < -0.4 is 4.74 Å². The zero-order valence-corrected chi connectivity index (χ0v) is 12.4. The summed E-state index contributed by atoms with van der Waals surface area (Å²) in [6.07, 6.45) is 3.48. The van der Waals surface area contributed by atoms with E-state index < -0.39 is 0 Å². The van der Waals surface area contributed by atoms with Crippen LogP contribution >= 0.6 is 15.9 Å². The average Bonchev–Trinajstić information content (AvgIpc) is 2.88. The standard InChI is InChI=1S/C14H14BrN3O/c1-10(2)18-9-13(8-17-18)19-14-4-3-11(6-15)5-12(14)7-16/h3-5,8-10H,6H2,1-2H3. The predicted molar refractivity (Wildman–Crippen MR) is 76.5 cm³/mol. The highest BCUT2D eigenvalue weighted by Crippen LogP contribution is 2.26. The molecule has 19 heavy (non-hydrogen) atoms. The maximum atomic E-state index is 9.14. The number of rotatable bonds is 4. The van der Waals surface area contributed by atoms with Crippen molar-refractivity contribution in [3.8, 4) is 17.6 Å². The molecule has 0 aliphatic carbocycles. The van der Waals surface area contributed by atoms with Gasteiger partial charge in [0, 0.05) is 11.4 Å². The van der Waals surface area contributed by atoms with Crippen LogP contribution in [-0.2, 0) is 5.33 Å². The Hall–Kier alpha value is -1.80. The second-order valence-corrected chi connectivity index (χ2v) is 4.99. The van der Waals surface area contributed by atoms with E-state index in [-0.39, 0.29) is 6.04 Å². The quantitative estimate of drug-likeness (QED) is 0.799. The fourth-order valence-corrected chi connectivity index (χ4v) is 1.97. The van der Waals surface area contributed by atoms with E-state index in [0.29, 0.717) is 22.4 Å². The number of aromatic nitrogens is 2. The van der Waals surface area contributed by atoms with Crippen LogP contribution in [-0.4, -0.2) is 9.78 Å². The van der Waals surface area contributed by atoms with Gasteiger partial charge in [-0.1, -0.05) is 22.0 Å². The third kappa shape index (κ3) is 3.15. The summed E-state index contributed by atoms with van der Waals surface area (Å²) in [5, 5.41) is 14.1. The SMILES string of the molecule is CC(C)n1cc(Oc2ccc(CBr)cc2C#N)cn1. The summed E-state index contributed by atoms with van der Waals surface area (Å²) >= 11 is 3.37. The van der Waals surface area contributed by atoms with Gasteiger partial charge in [-0.15, -0.1) is 0 Å². The fourth-order valence-electron chi connectivity index (χ4n) is 1.62. The van der Waals surface area contributed by atoms with Gasteiger partial charge in [0.05, 0.1) is 18.0 Å². The van der Waals surface area contributed by atoms with Crippen LogP contribution in [0.4, 0.5) is 0 Å². The maximum Gasteiger partial charge on any atom is 0.165 e. The van der Waals surface area contributed by atoms with Gasteiger partial charge in [0.15, 0.2) is 5.75 Å². The van der Waals surface area contributed by atoms with E-state index in [2.05, 4.69) is 27.1 Å². The normalized spacial score (nSPS) is 10.5. The number of hydrogen-bond acceptors (Lipinski definition) is 3. The number of ether oxygens (including phenoxy) is 1. The number of nitriles is 1. The minimum atomic E-state index is 0.281. The molecular weight excluding hydrogens is 306 g/mol. The van der Waals surface area contributed by atoms with Gasteiger partial charge in [-0.05, 0) is 31.5 Å². The summed E-state index contributed by atoms with van der Waals surface area (Å²) in [5.41, 5.74) is 1.57. The lowest BCUT2D eigenvalue weighted by atomic mass is 10.1. The molecule has 0 bridgehead atoms. The van der Waals surface area contributed by atoms with Crippen molar-refractivity contribution in [2.75, 3.05) is 0 Å². The number of benzene rings is 1. The third-order valence-corrected chi connectivity index (χ3v) is 3.30. The van der Waals surface area contributed by atoms with Crippen LogP contribution in [0.1, 0.15) is 31.0 Å². The molecule has 0 N–H and O–H groups in total. The lowest BCUT2D eigenvalue weighted by Crippen LogP contribution is -1.99. The van der Waals surface area contributed by atoms with E-state index in [9.17, 15) is 0 Å². The summed E-state index contributed by atoms with van der Waals surface area (Å²) in [6.45, 7) is 4.09. The van der Waals surface area contributed by atoms with E-state index in [4.69, 9.17) is 10.00 Å². The monoisotopic (exact) mass is 319 g/mol. The molecule has 0 fully saturated rings. The predicted octanol–water partition coefficient (Wildman–Crippen LogP) is 4.02. The molecule has 1 heterocycles. The Labute approximate surface area is 120 Å². The molecule has 0 spiro atoms. The Morgan fingerprint density at radius 1 is 1.47 bits per heavy atom. The maximum absolute atomic E-state index is 9.14. The smallest absolute Gasteiger partial charge is 0.165 e. The highest BCUT2D eigenvalue weighted by molar-refractivity contribution is 9.08. The van der Waals surface area contributed by atoms with Gasteiger partial charge >= 0.3 is 0 Å². The largest absolute Gasteiger partial charge is 0.453 e. The van der Waals surface area contributed by atoms with Crippen molar-refractivity contribution in [1.29, 1.82) is 5.26 Å². The Morgan fingerprint density at radius 2 is 2.26 bits per heavy atom.